The number of nitrogens with one attached hydrogen (secondary N) is 1. The van der Waals surface area contributed by atoms with Crippen LogP contribution in [0.2, 0.25) is 0 Å². The first-order valence-corrected chi connectivity index (χ1v) is 8.65. The Morgan fingerprint density at radius 2 is 1.95 bits per heavy atom. The molecule has 2 rings (SSSR count). The summed E-state index contributed by atoms with van der Waals surface area (Å²) in [7, 11) is 0. The lowest BCUT2D eigenvalue weighted by molar-refractivity contribution is -0.0506. The van der Waals surface area contributed by atoms with Crippen LogP contribution in [0.25, 0.3) is 0 Å². The third-order valence-electron chi connectivity index (χ3n) is 2.85. The standard InChI is InChI=1S/C14H13Br2F2NOS/c1-2-19-12(9-7-11(15)21-13(9)16)8-5-3-4-6-10(8)20-14(17)18/h3-7,12,14,19H,2H2,1H3. The Morgan fingerprint density at radius 1 is 1.24 bits per heavy atom. The predicted molar refractivity (Wildman–Crippen MR) is 88.3 cm³/mol. The van der Waals surface area contributed by atoms with Gasteiger partial charge in [0.2, 0.25) is 0 Å². The third kappa shape index (κ3) is 4.25. The molecule has 1 N–H and O–H groups in total. The summed E-state index contributed by atoms with van der Waals surface area (Å²) in [4.78, 5) is 0. The first-order valence-electron chi connectivity index (χ1n) is 6.24. The van der Waals surface area contributed by atoms with Gasteiger partial charge in [0.05, 0.1) is 13.6 Å². The van der Waals surface area contributed by atoms with Gasteiger partial charge in [-0.2, -0.15) is 8.78 Å². The Morgan fingerprint density at radius 3 is 2.52 bits per heavy atom. The Kier molecular flexibility index (Phi) is 6.16. The van der Waals surface area contributed by atoms with Crippen LogP contribution in [-0.4, -0.2) is 13.2 Å². The fourth-order valence-electron chi connectivity index (χ4n) is 2.06. The molecule has 2 nitrogen and oxygen atoms in total. The van der Waals surface area contributed by atoms with E-state index in [1.165, 1.54) is 0 Å². The fraction of sp³-hybridized carbons (Fsp3) is 0.286. The zero-order chi connectivity index (χ0) is 15.4. The SMILES string of the molecule is CCNC(c1ccccc1OC(F)F)c1cc(Br)sc1Br. The highest BCUT2D eigenvalue weighted by Gasteiger charge is 2.22. The second kappa shape index (κ2) is 7.67. The van der Waals surface area contributed by atoms with Crippen LogP contribution in [0.5, 0.6) is 5.75 Å². The quantitative estimate of drug-likeness (QED) is 0.633. The molecular weight excluding hydrogens is 428 g/mol. The van der Waals surface area contributed by atoms with Crippen molar-refractivity contribution in [3.8, 4) is 5.75 Å². The summed E-state index contributed by atoms with van der Waals surface area (Å²) in [5.74, 6) is 0.188. The minimum Gasteiger partial charge on any atom is -0.434 e. The van der Waals surface area contributed by atoms with Gasteiger partial charge in [-0.25, -0.2) is 0 Å². The molecule has 0 radical (unpaired) electrons. The van der Waals surface area contributed by atoms with E-state index in [0.717, 1.165) is 13.1 Å². The minimum absolute atomic E-state index is 0.188. The minimum atomic E-state index is -2.84. The van der Waals surface area contributed by atoms with Gasteiger partial charge in [-0.05, 0) is 56.1 Å². The largest absolute Gasteiger partial charge is 0.434 e. The molecule has 1 unspecified atom stereocenters. The fourth-order valence-corrected chi connectivity index (χ4v) is 4.97. The zero-order valence-electron chi connectivity index (χ0n) is 11.1. The van der Waals surface area contributed by atoms with Crippen LogP contribution in [0.15, 0.2) is 37.9 Å². The lowest BCUT2D eigenvalue weighted by Crippen LogP contribution is -2.23. The van der Waals surface area contributed by atoms with Gasteiger partial charge in [-0.15, -0.1) is 11.3 Å². The van der Waals surface area contributed by atoms with E-state index in [9.17, 15) is 8.78 Å². The van der Waals surface area contributed by atoms with E-state index in [1.807, 2.05) is 19.1 Å². The molecule has 0 saturated heterocycles. The molecule has 114 valence electrons. The summed E-state index contributed by atoms with van der Waals surface area (Å²) in [6.45, 7) is -0.168. The lowest BCUT2D eigenvalue weighted by Gasteiger charge is -2.21. The van der Waals surface area contributed by atoms with Crippen LogP contribution >= 0.6 is 43.2 Å². The predicted octanol–water partition coefficient (Wildman–Crippen LogP) is 5.57. The van der Waals surface area contributed by atoms with Crippen LogP contribution in [0, 0.1) is 0 Å². The van der Waals surface area contributed by atoms with E-state index in [-0.39, 0.29) is 11.8 Å². The van der Waals surface area contributed by atoms with Crippen molar-refractivity contribution >= 4 is 43.2 Å². The maximum Gasteiger partial charge on any atom is 0.387 e. The summed E-state index contributed by atoms with van der Waals surface area (Å²) in [6, 6.07) is 8.60. The van der Waals surface area contributed by atoms with Crippen molar-refractivity contribution in [1.82, 2.24) is 5.32 Å². The molecule has 1 heterocycles. The molecule has 2 aromatic rings. The van der Waals surface area contributed by atoms with Crippen molar-refractivity contribution < 1.29 is 13.5 Å². The number of rotatable bonds is 6. The number of halogens is 4. The van der Waals surface area contributed by atoms with Gasteiger partial charge in [0.1, 0.15) is 5.75 Å². The molecule has 21 heavy (non-hydrogen) atoms. The number of hydrogen-bond donors (Lipinski definition) is 1. The van der Waals surface area contributed by atoms with E-state index in [4.69, 9.17) is 0 Å². The first-order chi connectivity index (χ1) is 10.0. The molecule has 7 heteroatoms. The van der Waals surface area contributed by atoms with Crippen molar-refractivity contribution in [3.05, 3.63) is 49.0 Å². The Bertz CT molecular complexity index is 606. The number of benzene rings is 1. The van der Waals surface area contributed by atoms with Crippen molar-refractivity contribution in [1.29, 1.82) is 0 Å². The average Bonchev–Trinajstić information content (AvgIpc) is 2.75. The summed E-state index contributed by atoms with van der Waals surface area (Å²) >= 11 is 8.51. The highest BCUT2D eigenvalue weighted by molar-refractivity contribution is 9.12. The number of ether oxygens (including phenoxy) is 1. The van der Waals surface area contributed by atoms with Crippen LogP contribution < -0.4 is 10.1 Å². The maximum absolute atomic E-state index is 12.6. The van der Waals surface area contributed by atoms with E-state index in [0.29, 0.717) is 12.1 Å². The maximum atomic E-state index is 12.6. The smallest absolute Gasteiger partial charge is 0.387 e. The van der Waals surface area contributed by atoms with E-state index < -0.39 is 6.61 Å². The third-order valence-corrected chi connectivity index (χ3v) is 5.23. The monoisotopic (exact) mass is 439 g/mol. The molecule has 0 fully saturated rings. The summed E-state index contributed by atoms with van der Waals surface area (Å²) in [6.07, 6.45) is 0. The molecule has 0 amide bonds. The highest BCUT2D eigenvalue weighted by Crippen LogP contribution is 2.40. The van der Waals surface area contributed by atoms with E-state index >= 15 is 0 Å². The molecule has 0 saturated carbocycles. The van der Waals surface area contributed by atoms with Gasteiger partial charge in [0, 0.05) is 5.56 Å². The Balaban J connectivity index is 2.45. The van der Waals surface area contributed by atoms with Gasteiger partial charge in [-0.1, -0.05) is 25.1 Å². The molecule has 1 aromatic heterocycles. The van der Waals surface area contributed by atoms with Crippen molar-refractivity contribution in [3.63, 3.8) is 0 Å². The normalized spacial score (nSPS) is 12.7. The van der Waals surface area contributed by atoms with Crippen molar-refractivity contribution in [2.75, 3.05) is 6.54 Å². The summed E-state index contributed by atoms with van der Waals surface area (Å²) in [5.41, 5.74) is 1.67. The first kappa shape index (κ1) is 16.9. The molecule has 0 bridgehead atoms. The van der Waals surface area contributed by atoms with Gasteiger partial charge in [-0.3, -0.25) is 0 Å². The topological polar surface area (TPSA) is 21.3 Å². The van der Waals surface area contributed by atoms with Crippen molar-refractivity contribution in [2.24, 2.45) is 0 Å². The van der Waals surface area contributed by atoms with E-state index in [1.54, 1.807) is 29.5 Å². The van der Waals surface area contributed by atoms with Gasteiger partial charge in [0.15, 0.2) is 0 Å². The number of hydrogen-bond acceptors (Lipinski definition) is 3. The van der Waals surface area contributed by atoms with Gasteiger partial charge in [0.25, 0.3) is 0 Å². The Hall–Kier alpha value is -0.500. The van der Waals surface area contributed by atoms with E-state index in [2.05, 4.69) is 41.9 Å². The zero-order valence-corrected chi connectivity index (χ0v) is 15.1. The second-order valence-electron chi connectivity index (χ2n) is 4.19. The van der Waals surface area contributed by atoms with Crippen LogP contribution in [0.3, 0.4) is 0 Å². The molecule has 0 aliphatic heterocycles. The highest BCUT2D eigenvalue weighted by atomic mass is 79.9. The number of para-hydroxylation sites is 1. The molecule has 0 aliphatic rings. The Labute approximate surface area is 142 Å². The van der Waals surface area contributed by atoms with Gasteiger partial charge < -0.3 is 10.1 Å². The summed E-state index contributed by atoms with van der Waals surface area (Å²) < 4.78 is 31.7. The van der Waals surface area contributed by atoms with Gasteiger partial charge >= 0.3 is 6.61 Å². The van der Waals surface area contributed by atoms with Crippen LogP contribution in [-0.2, 0) is 0 Å². The lowest BCUT2D eigenvalue weighted by atomic mass is 10.0. The van der Waals surface area contributed by atoms with Crippen LogP contribution in [0.4, 0.5) is 8.78 Å². The molecule has 1 atom stereocenters. The molecule has 0 spiro atoms. The molecule has 0 aliphatic carbocycles. The average molecular weight is 441 g/mol. The number of alkyl halides is 2. The molecule has 1 aromatic carbocycles. The second-order valence-corrected chi connectivity index (χ2v) is 7.94. The number of thiophene rings is 1. The van der Waals surface area contributed by atoms with Crippen LogP contribution in [0.1, 0.15) is 24.1 Å². The summed E-state index contributed by atoms with van der Waals surface area (Å²) in [5, 5.41) is 3.31. The molecular formula is C14H13Br2F2NOS. The van der Waals surface area contributed by atoms with Crippen molar-refractivity contribution in [2.45, 2.75) is 19.6 Å².